The summed E-state index contributed by atoms with van der Waals surface area (Å²) in [5, 5.41) is 8.85. The molecule has 0 spiro atoms. The average Bonchev–Trinajstić information content (AvgIpc) is 3.18. The van der Waals surface area contributed by atoms with Gasteiger partial charge >= 0.3 is 0 Å². The topological polar surface area (TPSA) is 94.9 Å². The molecule has 0 radical (unpaired) electrons. The van der Waals surface area contributed by atoms with Gasteiger partial charge < -0.3 is 10.6 Å². The van der Waals surface area contributed by atoms with Gasteiger partial charge in [0.2, 0.25) is 5.91 Å². The number of nitrogens with zero attached hydrogens (tertiary/aromatic N) is 6. The normalized spacial score (nSPS) is 20.6. The Morgan fingerprint density at radius 3 is 2.78 bits per heavy atom. The second-order valence-electron chi connectivity index (χ2n) is 6.46. The SMILES string of the molecule is Cc1cc(N)n(CC(=O)N2CCn3nc(C4CC4)nc3[C@H]2C)n1. The predicted molar refractivity (Wildman–Crippen MR) is 83.5 cm³/mol. The fraction of sp³-hybridized carbons (Fsp3) is 0.600. The second kappa shape index (κ2) is 5.07. The lowest BCUT2D eigenvalue weighted by molar-refractivity contribution is -0.135. The summed E-state index contributed by atoms with van der Waals surface area (Å²) in [6.07, 6.45) is 2.36. The van der Waals surface area contributed by atoms with Crippen molar-refractivity contribution in [3.05, 3.63) is 23.4 Å². The number of hydrogen-bond acceptors (Lipinski definition) is 5. The highest BCUT2D eigenvalue weighted by Crippen LogP contribution is 2.39. The standard InChI is InChI=1S/C15H21N7O/c1-9-7-12(16)22(18-9)8-13(23)20-5-6-21-15(10(20)2)17-14(19-21)11-3-4-11/h7,10-11H,3-6,8,16H2,1-2H3/t10-/m1/s1. The van der Waals surface area contributed by atoms with Crippen LogP contribution in [0, 0.1) is 6.92 Å². The zero-order chi connectivity index (χ0) is 16.1. The van der Waals surface area contributed by atoms with Crippen molar-refractivity contribution in [1.82, 2.24) is 29.4 Å². The number of carbonyl (C=O) groups excluding carboxylic acids is 1. The van der Waals surface area contributed by atoms with E-state index < -0.39 is 0 Å². The fourth-order valence-corrected chi connectivity index (χ4v) is 3.15. The number of carbonyl (C=O) groups is 1. The number of aryl methyl sites for hydroxylation is 1. The molecule has 1 amide bonds. The highest BCUT2D eigenvalue weighted by molar-refractivity contribution is 5.76. The second-order valence-corrected chi connectivity index (χ2v) is 6.46. The van der Waals surface area contributed by atoms with Gasteiger partial charge in [-0.15, -0.1) is 0 Å². The third-order valence-electron chi connectivity index (χ3n) is 4.59. The average molecular weight is 315 g/mol. The first kappa shape index (κ1) is 14.2. The number of anilines is 1. The van der Waals surface area contributed by atoms with Gasteiger partial charge in [0.05, 0.1) is 18.3 Å². The number of amides is 1. The Labute approximate surface area is 134 Å². The maximum Gasteiger partial charge on any atom is 0.245 e. The molecule has 1 aliphatic carbocycles. The van der Waals surface area contributed by atoms with E-state index in [2.05, 4.69) is 15.2 Å². The number of nitrogen functional groups attached to an aromatic ring is 1. The van der Waals surface area contributed by atoms with Crippen molar-refractivity contribution in [1.29, 1.82) is 0 Å². The summed E-state index contributed by atoms with van der Waals surface area (Å²) in [7, 11) is 0. The lowest BCUT2D eigenvalue weighted by Gasteiger charge is -2.33. The van der Waals surface area contributed by atoms with Crippen molar-refractivity contribution in [2.45, 2.75) is 51.7 Å². The maximum absolute atomic E-state index is 12.7. The van der Waals surface area contributed by atoms with Crippen molar-refractivity contribution in [3.8, 4) is 0 Å². The Morgan fingerprint density at radius 1 is 1.35 bits per heavy atom. The van der Waals surface area contributed by atoms with Crippen molar-refractivity contribution in [2.75, 3.05) is 12.3 Å². The Kier molecular flexibility index (Phi) is 3.14. The molecule has 3 heterocycles. The molecule has 4 rings (SSSR count). The molecule has 0 aromatic carbocycles. The molecule has 1 fully saturated rings. The third kappa shape index (κ3) is 2.47. The van der Waals surface area contributed by atoms with Crippen LogP contribution in [-0.2, 0) is 17.9 Å². The molecule has 0 saturated heterocycles. The number of nitrogens with two attached hydrogens (primary N) is 1. The number of hydrogen-bond donors (Lipinski definition) is 1. The first-order valence-electron chi connectivity index (χ1n) is 8.07. The first-order chi connectivity index (χ1) is 11.0. The fourth-order valence-electron chi connectivity index (χ4n) is 3.15. The molecule has 8 heteroatoms. The molecule has 2 aromatic heterocycles. The van der Waals surface area contributed by atoms with Gasteiger partial charge in [0, 0.05) is 18.5 Å². The highest BCUT2D eigenvalue weighted by atomic mass is 16.2. The van der Waals surface area contributed by atoms with E-state index in [9.17, 15) is 4.79 Å². The van der Waals surface area contributed by atoms with Crippen LogP contribution in [0.5, 0.6) is 0 Å². The van der Waals surface area contributed by atoms with Crippen LogP contribution in [0.4, 0.5) is 5.82 Å². The van der Waals surface area contributed by atoms with Gasteiger partial charge in [-0.2, -0.15) is 10.2 Å². The van der Waals surface area contributed by atoms with Crippen molar-refractivity contribution in [2.24, 2.45) is 0 Å². The van der Waals surface area contributed by atoms with E-state index in [1.807, 2.05) is 23.4 Å². The molecule has 8 nitrogen and oxygen atoms in total. The Hall–Kier alpha value is -2.38. The zero-order valence-electron chi connectivity index (χ0n) is 13.4. The van der Waals surface area contributed by atoms with Crippen molar-refractivity contribution in [3.63, 3.8) is 0 Å². The highest BCUT2D eigenvalue weighted by Gasteiger charge is 2.34. The van der Waals surface area contributed by atoms with Crippen LogP contribution in [0.3, 0.4) is 0 Å². The summed E-state index contributed by atoms with van der Waals surface area (Å²) in [5.41, 5.74) is 6.69. The molecule has 2 N–H and O–H groups in total. The van der Waals surface area contributed by atoms with Gasteiger partial charge in [-0.1, -0.05) is 0 Å². The van der Waals surface area contributed by atoms with Crippen molar-refractivity contribution >= 4 is 11.7 Å². The van der Waals surface area contributed by atoms with E-state index in [4.69, 9.17) is 5.73 Å². The maximum atomic E-state index is 12.7. The zero-order valence-corrected chi connectivity index (χ0v) is 13.4. The summed E-state index contributed by atoms with van der Waals surface area (Å²) in [4.78, 5) is 19.2. The van der Waals surface area contributed by atoms with E-state index in [0.717, 1.165) is 17.3 Å². The predicted octanol–water partition coefficient (Wildman–Crippen LogP) is 0.846. The summed E-state index contributed by atoms with van der Waals surface area (Å²) < 4.78 is 3.51. The van der Waals surface area contributed by atoms with Crippen LogP contribution in [0.2, 0.25) is 0 Å². The lowest BCUT2D eigenvalue weighted by atomic mass is 10.2. The van der Waals surface area contributed by atoms with Crippen molar-refractivity contribution < 1.29 is 4.79 Å². The van der Waals surface area contributed by atoms with Crippen LogP contribution in [0.1, 0.15) is 49.1 Å². The minimum atomic E-state index is -0.0749. The number of rotatable bonds is 3. The molecule has 1 saturated carbocycles. The Morgan fingerprint density at radius 2 is 2.13 bits per heavy atom. The molecule has 0 bridgehead atoms. The molecule has 2 aliphatic rings. The minimum absolute atomic E-state index is 0.00882. The molecule has 1 aliphatic heterocycles. The smallest absolute Gasteiger partial charge is 0.245 e. The van der Waals surface area contributed by atoms with Gasteiger partial charge in [-0.25, -0.2) is 14.3 Å². The lowest BCUT2D eigenvalue weighted by Crippen LogP contribution is -2.43. The largest absolute Gasteiger partial charge is 0.384 e. The van der Waals surface area contributed by atoms with E-state index in [0.29, 0.717) is 24.8 Å². The van der Waals surface area contributed by atoms with Crippen LogP contribution in [-0.4, -0.2) is 41.9 Å². The first-order valence-corrected chi connectivity index (χ1v) is 8.07. The van der Waals surface area contributed by atoms with Gasteiger partial charge in [0.25, 0.3) is 0 Å². The summed E-state index contributed by atoms with van der Waals surface area (Å²) in [6, 6.07) is 1.69. The van der Waals surface area contributed by atoms with Gasteiger partial charge in [0.1, 0.15) is 18.2 Å². The summed E-state index contributed by atoms with van der Waals surface area (Å²) >= 11 is 0. The molecular formula is C15H21N7O. The van der Waals surface area contributed by atoms with E-state index in [1.54, 1.807) is 10.7 Å². The minimum Gasteiger partial charge on any atom is -0.384 e. The van der Waals surface area contributed by atoms with E-state index >= 15 is 0 Å². The number of fused-ring (bicyclic) bond motifs is 1. The quantitative estimate of drug-likeness (QED) is 0.906. The van der Waals surface area contributed by atoms with E-state index in [1.165, 1.54) is 12.8 Å². The summed E-state index contributed by atoms with van der Waals surface area (Å²) in [6.45, 7) is 5.36. The third-order valence-corrected chi connectivity index (χ3v) is 4.59. The van der Waals surface area contributed by atoms with Gasteiger partial charge in [0.15, 0.2) is 5.82 Å². The Bertz CT molecular complexity index is 758. The van der Waals surface area contributed by atoms with Crippen LogP contribution < -0.4 is 5.73 Å². The van der Waals surface area contributed by atoms with E-state index in [-0.39, 0.29) is 18.5 Å². The van der Waals surface area contributed by atoms with Crippen LogP contribution in [0.15, 0.2) is 6.07 Å². The molecule has 0 unspecified atom stereocenters. The molecular weight excluding hydrogens is 294 g/mol. The van der Waals surface area contributed by atoms with Gasteiger partial charge in [-0.05, 0) is 26.7 Å². The molecule has 2 aromatic rings. The molecule has 1 atom stereocenters. The number of aromatic nitrogens is 5. The Balaban J connectivity index is 1.52. The van der Waals surface area contributed by atoms with Gasteiger partial charge in [-0.3, -0.25) is 4.79 Å². The molecule has 122 valence electrons. The summed E-state index contributed by atoms with van der Waals surface area (Å²) in [5.74, 6) is 2.87. The molecule has 23 heavy (non-hydrogen) atoms. The van der Waals surface area contributed by atoms with Crippen LogP contribution in [0.25, 0.3) is 0 Å². The monoisotopic (exact) mass is 315 g/mol. The van der Waals surface area contributed by atoms with Crippen LogP contribution >= 0.6 is 0 Å².